The Bertz CT molecular complexity index is 555. The highest BCUT2D eigenvalue weighted by Crippen LogP contribution is 2.49. The summed E-state index contributed by atoms with van der Waals surface area (Å²) in [6, 6.07) is 7.55. The van der Waals surface area contributed by atoms with Gasteiger partial charge < -0.3 is 4.74 Å². The van der Waals surface area contributed by atoms with Crippen molar-refractivity contribution in [2.45, 2.75) is 32.0 Å². The molecule has 0 N–H and O–H groups in total. The van der Waals surface area contributed by atoms with E-state index in [9.17, 15) is 9.59 Å². The normalized spacial score (nSPS) is 36.2. The van der Waals surface area contributed by atoms with Crippen molar-refractivity contribution in [2.24, 2.45) is 11.8 Å². The van der Waals surface area contributed by atoms with Gasteiger partial charge in [0.15, 0.2) is 0 Å². The summed E-state index contributed by atoms with van der Waals surface area (Å²) < 4.78 is 5.73. The van der Waals surface area contributed by atoms with Crippen LogP contribution in [-0.4, -0.2) is 24.0 Å². The van der Waals surface area contributed by atoms with Gasteiger partial charge in [-0.2, -0.15) is 0 Å². The Balaban J connectivity index is 1.78. The number of rotatable bonds is 1. The summed E-state index contributed by atoms with van der Waals surface area (Å²) in [4.78, 5) is 26.5. The molecule has 4 rings (SSSR count). The van der Waals surface area contributed by atoms with E-state index in [-0.39, 0.29) is 35.9 Å². The largest absolute Gasteiger partial charge is 0.373 e. The lowest BCUT2D eigenvalue weighted by Gasteiger charge is -2.19. The molecule has 19 heavy (non-hydrogen) atoms. The molecule has 4 atom stereocenters. The molecule has 2 amide bonds. The quantitative estimate of drug-likeness (QED) is 0.719. The van der Waals surface area contributed by atoms with Crippen LogP contribution in [0.5, 0.6) is 0 Å². The van der Waals surface area contributed by atoms with E-state index in [1.165, 1.54) is 4.90 Å². The SMILES string of the molecule is Cc1ccccc1N1C(=O)[C@@H]2[C@H](C1=O)[C@@H]1CC[C@H]2O1. The highest BCUT2D eigenvalue weighted by atomic mass is 16.5. The van der Waals surface area contributed by atoms with Gasteiger partial charge in [-0.25, -0.2) is 4.90 Å². The molecule has 1 aromatic rings. The zero-order valence-electron chi connectivity index (χ0n) is 10.7. The van der Waals surface area contributed by atoms with Crippen molar-refractivity contribution in [1.82, 2.24) is 0 Å². The molecule has 98 valence electrons. The third kappa shape index (κ3) is 1.32. The molecule has 4 nitrogen and oxygen atoms in total. The summed E-state index contributed by atoms with van der Waals surface area (Å²) in [5.74, 6) is -0.635. The van der Waals surface area contributed by atoms with Gasteiger partial charge in [-0.3, -0.25) is 9.59 Å². The third-order valence-corrected chi connectivity index (χ3v) is 4.64. The molecule has 3 saturated heterocycles. The molecule has 0 aromatic heterocycles. The van der Waals surface area contributed by atoms with Crippen LogP contribution < -0.4 is 4.90 Å². The Morgan fingerprint density at radius 1 is 1.05 bits per heavy atom. The monoisotopic (exact) mass is 257 g/mol. The van der Waals surface area contributed by atoms with Gasteiger partial charge in [0, 0.05) is 0 Å². The Hall–Kier alpha value is -1.68. The van der Waals surface area contributed by atoms with Crippen LogP contribution in [0.25, 0.3) is 0 Å². The van der Waals surface area contributed by atoms with Crippen molar-refractivity contribution in [3.05, 3.63) is 29.8 Å². The van der Waals surface area contributed by atoms with Crippen LogP contribution in [0.3, 0.4) is 0 Å². The summed E-state index contributed by atoms with van der Waals surface area (Å²) in [7, 11) is 0. The van der Waals surface area contributed by atoms with Crippen LogP contribution in [-0.2, 0) is 14.3 Å². The molecule has 0 radical (unpaired) electrons. The van der Waals surface area contributed by atoms with Crippen LogP contribution in [0.4, 0.5) is 5.69 Å². The molecule has 3 fully saturated rings. The smallest absolute Gasteiger partial charge is 0.240 e. The van der Waals surface area contributed by atoms with Crippen molar-refractivity contribution < 1.29 is 14.3 Å². The second-order valence-electron chi connectivity index (χ2n) is 5.64. The Morgan fingerprint density at radius 2 is 1.63 bits per heavy atom. The van der Waals surface area contributed by atoms with Crippen LogP contribution in [0.2, 0.25) is 0 Å². The number of para-hydroxylation sites is 1. The van der Waals surface area contributed by atoms with Crippen LogP contribution in [0.15, 0.2) is 24.3 Å². The van der Waals surface area contributed by atoms with Crippen molar-refractivity contribution in [3.8, 4) is 0 Å². The molecule has 0 spiro atoms. The van der Waals surface area contributed by atoms with E-state index >= 15 is 0 Å². The minimum atomic E-state index is -0.245. The van der Waals surface area contributed by atoms with Gasteiger partial charge in [0.25, 0.3) is 0 Å². The minimum Gasteiger partial charge on any atom is -0.373 e. The van der Waals surface area contributed by atoms with E-state index in [1.807, 2.05) is 31.2 Å². The molecule has 0 aliphatic carbocycles. The molecule has 3 aliphatic rings. The Labute approximate surface area is 111 Å². The van der Waals surface area contributed by atoms with E-state index < -0.39 is 0 Å². The predicted octanol–water partition coefficient (Wildman–Crippen LogP) is 1.66. The van der Waals surface area contributed by atoms with Crippen molar-refractivity contribution in [2.75, 3.05) is 4.90 Å². The van der Waals surface area contributed by atoms with E-state index in [0.29, 0.717) is 0 Å². The molecule has 1 aromatic carbocycles. The fourth-order valence-electron chi connectivity index (χ4n) is 3.76. The lowest BCUT2D eigenvalue weighted by Crippen LogP contribution is -2.34. The number of hydrogen-bond donors (Lipinski definition) is 0. The Morgan fingerprint density at radius 3 is 2.21 bits per heavy atom. The summed E-state index contributed by atoms with van der Waals surface area (Å²) in [5, 5.41) is 0. The maximum Gasteiger partial charge on any atom is 0.240 e. The van der Waals surface area contributed by atoms with Gasteiger partial charge in [0.2, 0.25) is 11.8 Å². The number of amides is 2. The minimum absolute atomic E-state index is 0.0412. The van der Waals surface area contributed by atoms with Crippen molar-refractivity contribution >= 4 is 17.5 Å². The number of ether oxygens (including phenoxy) is 1. The van der Waals surface area contributed by atoms with Gasteiger partial charge in [0.1, 0.15) is 0 Å². The van der Waals surface area contributed by atoms with Crippen LogP contribution >= 0.6 is 0 Å². The zero-order valence-corrected chi connectivity index (χ0v) is 10.7. The van der Waals surface area contributed by atoms with Gasteiger partial charge in [-0.15, -0.1) is 0 Å². The number of imide groups is 1. The van der Waals surface area contributed by atoms with E-state index in [2.05, 4.69) is 0 Å². The maximum absolute atomic E-state index is 12.6. The van der Waals surface area contributed by atoms with Crippen molar-refractivity contribution in [3.63, 3.8) is 0 Å². The first-order chi connectivity index (χ1) is 9.18. The summed E-state index contributed by atoms with van der Waals surface area (Å²) in [6.07, 6.45) is 1.74. The average Bonchev–Trinajstić information content (AvgIpc) is 3.06. The number of hydrogen-bond acceptors (Lipinski definition) is 3. The van der Waals surface area contributed by atoms with E-state index in [4.69, 9.17) is 4.74 Å². The number of aryl methyl sites for hydroxylation is 1. The van der Waals surface area contributed by atoms with Gasteiger partial charge in [-0.05, 0) is 31.4 Å². The molecule has 4 heteroatoms. The average molecular weight is 257 g/mol. The second-order valence-corrected chi connectivity index (χ2v) is 5.64. The van der Waals surface area contributed by atoms with Gasteiger partial charge >= 0.3 is 0 Å². The Kier molecular flexibility index (Phi) is 2.16. The van der Waals surface area contributed by atoms with E-state index in [1.54, 1.807) is 0 Å². The summed E-state index contributed by atoms with van der Waals surface area (Å²) in [5.41, 5.74) is 1.68. The lowest BCUT2D eigenvalue weighted by molar-refractivity contribution is -0.124. The highest BCUT2D eigenvalue weighted by molar-refractivity contribution is 6.23. The number of anilines is 1. The molecular formula is C15H15NO3. The first kappa shape index (κ1) is 11.2. The molecule has 3 heterocycles. The van der Waals surface area contributed by atoms with Crippen LogP contribution in [0, 0.1) is 18.8 Å². The lowest BCUT2D eigenvalue weighted by atomic mass is 9.81. The van der Waals surface area contributed by atoms with Crippen molar-refractivity contribution in [1.29, 1.82) is 0 Å². The number of carbonyl (C=O) groups is 2. The fraction of sp³-hybridized carbons (Fsp3) is 0.467. The van der Waals surface area contributed by atoms with Gasteiger partial charge in [-0.1, -0.05) is 18.2 Å². The second kappa shape index (κ2) is 3.67. The van der Waals surface area contributed by atoms with Crippen LogP contribution in [0.1, 0.15) is 18.4 Å². The van der Waals surface area contributed by atoms with Gasteiger partial charge in [0.05, 0.1) is 29.7 Å². The zero-order chi connectivity index (χ0) is 13.1. The predicted molar refractivity (Wildman–Crippen MR) is 68.5 cm³/mol. The number of fused-ring (bicyclic) bond motifs is 5. The first-order valence-corrected chi connectivity index (χ1v) is 6.77. The molecule has 0 unspecified atom stereocenters. The topological polar surface area (TPSA) is 46.6 Å². The summed E-state index contributed by atoms with van der Waals surface area (Å²) in [6.45, 7) is 1.93. The first-order valence-electron chi connectivity index (χ1n) is 6.77. The molecule has 3 aliphatic heterocycles. The fourth-order valence-corrected chi connectivity index (χ4v) is 3.76. The summed E-state index contributed by atoms with van der Waals surface area (Å²) >= 11 is 0. The molecule has 2 bridgehead atoms. The maximum atomic E-state index is 12.6. The number of benzene rings is 1. The molecule has 0 saturated carbocycles. The standard InChI is InChI=1S/C15H15NO3/c1-8-4-2-3-5-9(8)16-14(17)12-10-6-7-11(19-10)13(12)15(16)18/h2-5,10-13H,6-7H2,1H3/t10-,11+,12+,13-. The third-order valence-electron chi connectivity index (χ3n) is 4.64. The van der Waals surface area contributed by atoms with E-state index in [0.717, 1.165) is 24.1 Å². The number of nitrogens with zero attached hydrogens (tertiary/aromatic N) is 1. The highest BCUT2D eigenvalue weighted by Gasteiger charge is 2.62. The molecular weight excluding hydrogens is 242 g/mol. The number of carbonyl (C=O) groups excluding carboxylic acids is 2.